The molecule has 0 unspecified atom stereocenters. The number of ether oxygens (including phenoxy) is 1. The molecule has 4 nitrogen and oxygen atoms in total. The molecule has 0 aliphatic carbocycles. The van der Waals surface area contributed by atoms with Crippen LogP contribution in [-0.4, -0.2) is 22.7 Å². The highest BCUT2D eigenvalue weighted by atomic mass is 35.5. The zero-order valence-corrected chi connectivity index (χ0v) is 16.1. The maximum absolute atomic E-state index is 12.6. The van der Waals surface area contributed by atoms with Gasteiger partial charge in [0.1, 0.15) is 12.4 Å². The molecule has 1 fully saturated rings. The smallest absolute Gasteiger partial charge is 0.293 e. The number of terminal acetylenes is 1. The first-order valence-electron chi connectivity index (χ1n) is 8.14. The van der Waals surface area contributed by atoms with E-state index in [0.29, 0.717) is 21.2 Å². The Bertz CT molecular complexity index is 960. The Labute approximate surface area is 167 Å². The number of aryl methyl sites for hydroxylation is 1. The lowest BCUT2D eigenvalue weighted by atomic mass is 10.1. The van der Waals surface area contributed by atoms with E-state index >= 15 is 0 Å². The van der Waals surface area contributed by atoms with Crippen molar-refractivity contribution in [1.29, 1.82) is 0 Å². The van der Waals surface area contributed by atoms with Crippen LogP contribution in [0.25, 0.3) is 6.08 Å². The molecule has 0 spiro atoms. The maximum atomic E-state index is 12.6. The zero-order valence-electron chi connectivity index (χ0n) is 14.6. The fraction of sp³-hybridized carbons (Fsp3) is 0.143. The normalized spacial score (nSPS) is 15.3. The molecule has 6 heteroatoms. The van der Waals surface area contributed by atoms with Gasteiger partial charge in [-0.2, -0.15) is 0 Å². The Hall–Kier alpha value is -2.68. The molecule has 1 aliphatic rings. The minimum absolute atomic E-state index is 0.122. The predicted molar refractivity (Wildman–Crippen MR) is 108 cm³/mol. The molecule has 0 N–H and O–H groups in total. The first-order valence-corrected chi connectivity index (χ1v) is 9.34. The van der Waals surface area contributed by atoms with Crippen molar-refractivity contribution in [2.45, 2.75) is 13.5 Å². The van der Waals surface area contributed by atoms with Gasteiger partial charge >= 0.3 is 0 Å². The summed E-state index contributed by atoms with van der Waals surface area (Å²) in [6, 6.07) is 12.8. The molecule has 0 atom stereocenters. The highest BCUT2D eigenvalue weighted by Crippen LogP contribution is 2.34. The summed E-state index contributed by atoms with van der Waals surface area (Å²) in [7, 11) is 0. The van der Waals surface area contributed by atoms with Crippen molar-refractivity contribution in [2.75, 3.05) is 6.61 Å². The first kappa shape index (κ1) is 19.1. The molecule has 2 aromatic rings. The average Bonchev–Trinajstić information content (AvgIpc) is 2.90. The van der Waals surface area contributed by atoms with E-state index in [2.05, 4.69) is 5.92 Å². The van der Waals surface area contributed by atoms with Crippen molar-refractivity contribution in [3.63, 3.8) is 0 Å². The molecular weight excluding hydrogens is 382 g/mol. The number of rotatable bonds is 5. The van der Waals surface area contributed by atoms with E-state index in [1.54, 1.807) is 24.3 Å². The predicted octanol–water partition coefficient (Wildman–Crippen LogP) is 4.90. The number of amides is 2. The molecule has 3 rings (SSSR count). The van der Waals surface area contributed by atoms with Gasteiger partial charge in [0.25, 0.3) is 11.1 Å². The second-order valence-corrected chi connectivity index (χ2v) is 7.34. The topological polar surface area (TPSA) is 46.6 Å². The summed E-state index contributed by atoms with van der Waals surface area (Å²) in [4.78, 5) is 26.5. The molecule has 0 radical (unpaired) electrons. The van der Waals surface area contributed by atoms with Gasteiger partial charge in [-0.05, 0) is 48.0 Å². The van der Waals surface area contributed by atoms with Crippen LogP contribution in [0, 0.1) is 19.3 Å². The summed E-state index contributed by atoms with van der Waals surface area (Å²) in [6.45, 7) is 2.36. The van der Waals surface area contributed by atoms with E-state index in [-0.39, 0.29) is 24.3 Å². The second kappa shape index (κ2) is 8.34. The fourth-order valence-corrected chi connectivity index (χ4v) is 3.59. The second-order valence-electron chi connectivity index (χ2n) is 5.94. The van der Waals surface area contributed by atoms with Crippen molar-refractivity contribution < 1.29 is 14.3 Å². The minimum Gasteiger partial charge on any atom is -0.479 e. The first-order chi connectivity index (χ1) is 13.0. The van der Waals surface area contributed by atoms with E-state index in [9.17, 15) is 9.59 Å². The molecular formula is C21H16ClNO3S. The summed E-state index contributed by atoms with van der Waals surface area (Å²) in [6.07, 6.45) is 6.81. The van der Waals surface area contributed by atoms with E-state index < -0.39 is 0 Å². The number of nitrogens with zero attached hydrogens (tertiary/aromatic N) is 1. The van der Waals surface area contributed by atoms with Crippen molar-refractivity contribution in [1.82, 2.24) is 4.90 Å². The van der Waals surface area contributed by atoms with E-state index in [4.69, 9.17) is 22.8 Å². The number of benzene rings is 2. The summed E-state index contributed by atoms with van der Waals surface area (Å²) in [5, 5.41) is 0.102. The van der Waals surface area contributed by atoms with Crippen molar-refractivity contribution in [2.24, 2.45) is 0 Å². The van der Waals surface area contributed by atoms with Gasteiger partial charge in [-0.25, -0.2) is 0 Å². The van der Waals surface area contributed by atoms with Gasteiger partial charge in [0.15, 0.2) is 0 Å². The number of imide groups is 1. The van der Waals surface area contributed by atoms with Crippen molar-refractivity contribution >= 4 is 40.6 Å². The minimum atomic E-state index is -0.311. The molecule has 1 saturated heterocycles. The van der Waals surface area contributed by atoms with E-state index in [1.165, 1.54) is 4.90 Å². The van der Waals surface area contributed by atoms with Crippen LogP contribution >= 0.6 is 23.4 Å². The molecule has 136 valence electrons. The van der Waals surface area contributed by atoms with Gasteiger partial charge in [-0.3, -0.25) is 14.5 Å². The largest absolute Gasteiger partial charge is 0.479 e. The fourth-order valence-electron chi connectivity index (χ4n) is 2.51. The molecule has 2 amide bonds. The summed E-state index contributed by atoms with van der Waals surface area (Å²) in [5.41, 5.74) is 2.73. The molecule has 0 saturated carbocycles. The van der Waals surface area contributed by atoms with Gasteiger partial charge in [0.05, 0.1) is 16.5 Å². The zero-order chi connectivity index (χ0) is 19.4. The van der Waals surface area contributed by atoms with Crippen molar-refractivity contribution in [3.05, 3.63) is 69.1 Å². The lowest BCUT2D eigenvalue weighted by Gasteiger charge is -2.12. The molecule has 2 aromatic carbocycles. The third-order valence-corrected chi connectivity index (χ3v) is 5.10. The van der Waals surface area contributed by atoms with Crippen LogP contribution in [0.4, 0.5) is 4.79 Å². The van der Waals surface area contributed by atoms with Crippen LogP contribution in [-0.2, 0) is 11.3 Å². The van der Waals surface area contributed by atoms with Gasteiger partial charge in [-0.15, -0.1) is 6.42 Å². The maximum Gasteiger partial charge on any atom is 0.293 e. The van der Waals surface area contributed by atoms with E-state index in [1.807, 2.05) is 31.2 Å². The van der Waals surface area contributed by atoms with Crippen LogP contribution in [0.1, 0.15) is 16.7 Å². The van der Waals surface area contributed by atoms with Gasteiger partial charge < -0.3 is 4.74 Å². The molecule has 0 aromatic heterocycles. The summed E-state index contributed by atoms with van der Waals surface area (Å²) < 4.78 is 5.32. The lowest BCUT2D eigenvalue weighted by Crippen LogP contribution is -2.27. The quantitative estimate of drug-likeness (QED) is 0.532. The molecule has 0 bridgehead atoms. The number of thioether (sulfide) groups is 1. The number of hydrogen-bond acceptors (Lipinski definition) is 4. The van der Waals surface area contributed by atoms with Crippen LogP contribution in [0.3, 0.4) is 0 Å². The number of hydrogen-bond donors (Lipinski definition) is 0. The van der Waals surface area contributed by atoms with Crippen molar-refractivity contribution in [3.8, 4) is 18.1 Å². The Morgan fingerprint density at radius 1 is 1.22 bits per heavy atom. The van der Waals surface area contributed by atoms with Gasteiger partial charge in [0, 0.05) is 0 Å². The highest BCUT2D eigenvalue weighted by Gasteiger charge is 2.34. The van der Waals surface area contributed by atoms with Gasteiger partial charge in [-0.1, -0.05) is 53.4 Å². The molecule has 1 aliphatic heterocycles. The summed E-state index contributed by atoms with van der Waals surface area (Å²) >= 11 is 7.09. The Morgan fingerprint density at radius 3 is 2.63 bits per heavy atom. The number of carbonyl (C=O) groups excluding carboxylic acids is 2. The Morgan fingerprint density at radius 2 is 1.96 bits per heavy atom. The molecule has 1 heterocycles. The third kappa shape index (κ3) is 4.54. The third-order valence-electron chi connectivity index (χ3n) is 3.90. The summed E-state index contributed by atoms with van der Waals surface area (Å²) in [5.74, 6) is 2.53. The van der Waals surface area contributed by atoms with E-state index in [0.717, 1.165) is 22.9 Å². The lowest BCUT2D eigenvalue weighted by molar-refractivity contribution is -0.123. The average molecular weight is 398 g/mol. The van der Waals surface area contributed by atoms with Crippen LogP contribution < -0.4 is 4.74 Å². The monoisotopic (exact) mass is 397 g/mol. The standard InChI is InChI=1S/C21H16ClNO3S/c1-3-10-26-18-9-8-16(11-17(18)22)12-19-20(24)23(21(25)27-19)13-15-6-4-14(2)5-7-15/h1,4-9,11-12H,10,13H2,2H3/b19-12-. The SMILES string of the molecule is C#CCOc1ccc(/C=C2\SC(=O)N(Cc3ccc(C)cc3)C2=O)cc1Cl. The number of carbonyl (C=O) groups is 2. The van der Waals surface area contributed by atoms with Crippen LogP contribution in [0.2, 0.25) is 5.02 Å². The Kier molecular flexibility index (Phi) is 5.90. The highest BCUT2D eigenvalue weighted by molar-refractivity contribution is 8.18. The van der Waals surface area contributed by atoms with Crippen LogP contribution in [0.15, 0.2) is 47.4 Å². The Balaban J connectivity index is 1.76. The van der Waals surface area contributed by atoms with Gasteiger partial charge in [0.2, 0.25) is 0 Å². The van der Waals surface area contributed by atoms with Crippen LogP contribution in [0.5, 0.6) is 5.75 Å². The molecule has 27 heavy (non-hydrogen) atoms. The number of halogens is 1.